The molecule has 1 N–H and O–H groups in total. The van der Waals surface area contributed by atoms with Gasteiger partial charge in [-0.25, -0.2) is 8.78 Å². The first-order valence-electron chi connectivity index (χ1n) is 6.57. The summed E-state index contributed by atoms with van der Waals surface area (Å²) in [6, 6.07) is 4.15. The van der Waals surface area contributed by atoms with E-state index in [-0.39, 0.29) is 17.7 Å². The monoisotopic (exact) mass is 276 g/mol. The van der Waals surface area contributed by atoms with Crippen LogP contribution in [0.15, 0.2) is 30.6 Å². The molecule has 0 fully saturated rings. The van der Waals surface area contributed by atoms with Gasteiger partial charge in [0.1, 0.15) is 11.6 Å². The summed E-state index contributed by atoms with van der Waals surface area (Å²) in [5.74, 6) is -0.764. The molecule has 0 bridgehead atoms. The van der Waals surface area contributed by atoms with Crippen molar-refractivity contribution < 1.29 is 8.78 Å². The third-order valence-corrected chi connectivity index (χ3v) is 3.49. The van der Waals surface area contributed by atoms with Crippen molar-refractivity contribution in [2.45, 2.75) is 33.4 Å². The van der Waals surface area contributed by atoms with E-state index in [1.807, 2.05) is 19.9 Å². The molecule has 0 aliphatic carbocycles. The number of nitrogens with one attached hydrogen (secondary N) is 1. The van der Waals surface area contributed by atoms with E-state index in [0.29, 0.717) is 17.7 Å². The summed E-state index contributed by atoms with van der Waals surface area (Å²) in [4.78, 5) is 4.07. The topological polar surface area (TPSA) is 24.9 Å². The molecular weight excluding hydrogens is 258 g/mol. The third kappa shape index (κ3) is 3.20. The quantitative estimate of drug-likeness (QED) is 0.918. The summed E-state index contributed by atoms with van der Waals surface area (Å²) in [6.07, 6.45) is 3.51. The van der Waals surface area contributed by atoms with Gasteiger partial charge in [0.2, 0.25) is 0 Å². The molecule has 1 unspecified atom stereocenters. The van der Waals surface area contributed by atoms with Gasteiger partial charge in [-0.15, -0.1) is 0 Å². The van der Waals surface area contributed by atoms with Crippen LogP contribution >= 0.6 is 0 Å². The predicted octanol–water partition coefficient (Wildman–Crippen LogP) is 3.83. The summed E-state index contributed by atoms with van der Waals surface area (Å²) in [7, 11) is 0. The first-order chi connectivity index (χ1) is 9.49. The number of aryl methyl sites for hydroxylation is 2. The van der Waals surface area contributed by atoms with Crippen molar-refractivity contribution >= 4 is 0 Å². The van der Waals surface area contributed by atoms with E-state index in [0.717, 1.165) is 11.1 Å². The molecule has 4 heteroatoms. The molecule has 2 rings (SSSR count). The Balaban J connectivity index is 2.11. The molecule has 0 aliphatic heterocycles. The lowest BCUT2D eigenvalue weighted by molar-refractivity contribution is 0.515. The number of pyridine rings is 1. The molecule has 1 aromatic heterocycles. The zero-order valence-corrected chi connectivity index (χ0v) is 11.9. The van der Waals surface area contributed by atoms with Gasteiger partial charge in [0, 0.05) is 30.5 Å². The zero-order valence-electron chi connectivity index (χ0n) is 11.9. The molecule has 0 spiro atoms. The molecule has 0 amide bonds. The highest BCUT2D eigenvalue weighted by atomic mass is 19.1. The Labute approximate surface area is 117 Å². The Hall–Kier alpha value is -1.81. The minimum atomic E-state index is -0.383. The minimum absolute atomic E-state index is 0.273. The van der Waals surface area contributed by atoms with Crippen LogP contribution in [0.1, 0.15) is 35.2 Å². The van der Waals surface area contributed by atoms with Crippen molar-refractivity contribution in [1.82, 2.24) is 10.3 Å². The van der Waals surface area contributed by atoms with Crippen LogP contribution in [0.2, 0.25) is 0 Å². The van der Waals surface area contributed by atoms with Gasteiger partial charge < -0.3 is 5.32 Å². The molecule has 106 valence electrons. The van der Waals surface area contributed by atoms with Gasteiger partial charge in [-0.05, 0) is 55.7 Å². The number of aromatic nitrogens is 1. The number of hydrogen-bond acceptors (Lipinski definition) is 2. The van der Waals surface area contributed by atoms with Crippen molar-refractivity contribution in [2.24, 2.45) is 0 Å². The first kappa shape index (κ1) is 14.6. The van der Waals surface area contributed by atoms with E-state index >= 15 is 0 Å². The van der Waals surface area contributed by atoms with E-state index in [1.165, 1.54) is 12.1 Å². The Kier molecular flexibility index (Phi) is 4.45. The Morgan fingerprint density at radius 2 is 1.90 bits per heavy atom. The molecule has 20 heavy (non-hydrogen) atoms. The summed E-state index contributed by atoms with van der Waals surface area (Å²) in [5, 5.41) is 3.20. The zero-order chi connectivity index (χ0) is 14.7. The molecule has 2 nitrogen and oxygen atoms in total. The highest BCUT2D eigenvalue weighted by molar-refractivity contribution is 5.28. The van der Waals surface area contributed by atoms with Crippen LogP contribution in [0.5, 0.6) is 0 Å². The Bertz CT molecular complexity index is 611. The number of nitrogens with zero attached hydrogens (tertiary/aromatic N) is 1. The van der Waals surface area contributed by atoms with Gasteiger partial charge in [-0.3, -0.25) is 4.98 Å². The van der Waals surface area contributed by atoms with Gasteiger partial charge in [0.05, 0.1) is 0 Å². The predicted molar refractivity (Wildman–Crippen MR) is 75.3 cm³/mol. The second-order valence-electron chi connectivity index (χ2n) is 5.03. The van der Waals surface area contributed by atoms with E-state index in [4.69, 9.17) is 0 Å². The molecule has 1 heterocycles. The molecule has 1 aromatic carbocycles. The molecule has 2 aromatic rings. The summed E-state index contributed by atoms with van der Waals surface area (Å²) in [5.41, 5.74) is 2.83. The van der Waals surface area contributed by atoms with Gasteiger partial charge in [-0.2, -0.15) is 0 Å². The molecule has 0 radical (unpaired) electrons. The van der Waals surface area contributed by atoms with Crippen molar-refractivity contribution in [2.75, 3.05) is 0 Å². The number of benzene rings is 1. The average Bonchev–Trinajstić information content (AvgIpc) is 2.41. The number of hydrogen-bond donors (Lipinski definition) is 1. The fourth-order valence-corrected chi connectivity index (χ4v) is 2.05. The Morgan fingerprint density at radius 1 is 1.15 bits per heavy atom. The smallest absolute Gasteiger partial charge is 0.128 e. The first-order valence-corrected chi connectivity index (χ1v) is 6.57. The third-order valence-electron chi connectivity index (χ3n) is 3.49. The maximum absolute atomic E-state index is 13.9. The van der Waals surface area contributed by atoms with Crippen LogP contribution in [0, 0.1) is 25.5 Å². The highest BCUT2D eigenvalue weighted by Gasteiger charge is 2.13. The normalized spacial score (nSPS) is 12.4. The van der Waals surface area contributed by atoms with E-state index in [1.54, 1.807) is 19.3 Å². The molecule has 0 saturated carbocycles. The SMILES string of the molecule is Cc1cc(F)c(C(C)NCc2cnccc2C)cc1F. The van der Waals surface area contributed by atoms with E-state index in [2.05, 4.69) is 10.3 Å². The van der Waals surface area contributed by atoms with Crippen molar-refractivity contribution in [3.8, 4) is 0 Å². The van der Waals surface area contributed by atoms with Gasteiger partial charge >= 0.3 is 0 Å². The van der Waals surface area contributed by atoms with E-state index < -0.39 is 0 Å². The molecule has 0 aliphatic rings. The maximum atomic E-state index is 13.9. The van der Waals surface area contributed by atoms with Crippen LogP contribution in [-0.4, -0.2) is 4.98 Å². The summed E-state index contributed by atoms with van der Waals surface area (Å²) < 4.78 is 27.4. The second kappa shape index (κ2) is 6.09. The van der Waals surface area contributed by atoms with Crippen molar-refractivity contribution in [3.05, 3.63) is 64.5 Å². The van der Waals surface area contributed by atoms with Gasteiger partial charge in [-0.1, -0.05) is 0 Å². The van der Waals surface area contributed by atoms with Crippen molar-refractivity contribution in [3.63, 3.8) is 0 Å². The lowest BCUT2D eigenvalue weighted by Gasteiger charge is -2.16. The number of rotatable bonds is 4. The summed E-state index contributed by atoms with van der Waals surface area (Å²) >= 11 is 0. The fraction of sp³-hybridized carbons (Fsp3) is 0.312. The van der Waals surface area contributed by atoms with Gasteiger partial charge in [0.15, 0.2) is 0 Å². The molecule has 0 saturated heterocycles. The largest absolute Gasteiger partial charge is 0.306 e. The highest BCUT2D eigenvalue weighted by Crippen LogP contribution is 2.21. The lowest BCUT2D eigenvalue weighted by atomic mass is 10.0. The molecule has 1 atom stereocenters. The van der Waals surface area contributed by atoms with Crippen LogP contribution < -0.4 is 5.32 Å². The van der Waals surface area contributed by atoms with Crippen LogP contribution in [0.3, 0.4) is 0 Å². The van der Waals surface area contributed by atoms with E-state index in [9.17, 15) is 8.78 Å². The average molecular weight is 276 g/mol. The molecular formula is C16H18F2N2. The van der Waals surface area contributed by atoms with Crippen LogP contribution in [0.4, 0.5) is 8.78 Å². The number of halogens is 2. The fourth-order valence-electron chi connectivity index (χ4n) is 2.05. The standard InChI is InChI=1S/C16H18F2N2/c1-10-4-5-19-8-13(10)9-20-12(3)14-7-15(17)11(2)6-16(14)18/h4-8,12,20H,9H2,1-3H3. The van der Waals surface area contributed by atoms with Crippen LogP contribution in [-0.2, 0) is 6.54 Å². The summed E-state index contributed by atoms with van der Waals surface area (Å²) in [6.45, 7) is 5.93. The van der Waals surface area contributed by atoms with Crippen LogP contribution in [0.25, 0.3) is 0 Å². The second-order valence-corrected chi connectivity index (χ2v) is 5.03. The maximum Gasteiger partial charge on any atom is 0.128 e. The lowest BCUT2D eigenvalue weighted by Crippen LogP contribution is -2.20. The Morgan fingerprint density at radius 3 is 2.60 bits per heavy atom. The van der Waals surface area contributed by atoms with Crippen molar-refractivity contribution in [1.29, 1.82) is 0 Å². The van der Waals surface area contributed by atoms with Gasteiger partial charge in [0.25, 0.3) is 0 Å². The minimum Gasteiger partial charge on any atom is -0.306 e.